The van der Waals surface area contributed by atoms with Crippen molar-refractivity contribution in [1.82, 2.24) is 15.4 Å². The molecule has 0 unspecified atom stereocenters. The van der Waals surface area contributed by atoms with Crippen LogP contribution in [0.5, 0.6) is 0 Å². The van der Waals surface area contributed by atoms with Crippen LogP contribution in [-0.4, -0.2) is 15.4 Å². The molecule has 1 aromatic rings. The Morgan fingerprint density at radius 1 is 1.24 bits per heavy atom. The molecule has 0 saturated carbocycles. The van der Waals surface area contributed by atoms with Gasteiger partial charge in [0.1, 0.15) is 5.69 Å². The van der Waals surface area contributed by atoms with E-state index in [0.29, 0.717) is 12.1 Å². The van der Waals surface area contributed by atoms with E-state index in [2.05, 4.69) is 15.4 Å². The lowest BCUT2D eigenvalue weighted by molar-refractivity contribution is -0.0202. The summed E-state index contributed by atoms with van der Waals surface area (Å²) in [4.78, 5) is 0. The molecule has 0 amide bonds. The second-order valence-electron chi connectivity index (χ2n) is 4.54. The first-order valence-electron chi connectivity index (χ1n) is 5.86. The number of nitrogens with one attached hydrogen (secondary N) is 1. The number of alkyl halides is 2. The van der Waals surface area contributed by atoms with Crippen LogP contribution in [0.1, 0.15) is 43.5 Å². The minimum absolute atomic E-state index is 0.146. The van der Waals surface area contributed by atoms with E-state index >= 15 is 0 Å². The number of nitrogens with zero attached hydrogens (tertiary/aromatic N) is 2. The molecule has 0 aromatic carbocycles. The Bertz CT molecular complexity index is 500. The Morgan fingerprint density at radius 3 is 3.00 bits per heavy atom. The largest absolute Gasteiger partial charge is 0.293 e. The maximum absolute atomic E-state index is 13.9. The molecule has 1 aromatic heterocycles. The molecule has 1 N–H and O–H groups in total. The van der Waals surface area contributed by atoms with Crippen molar-refractivity contribution in [3.8, 4) is 0 Å². The zero-order valence-electron chi connectivity index (χ0n) is 9.34. The van der Waals surface area contributed by atoms with Crippen LogP contribution in [0.3, 0.4) is 0 Å². The fraction of sp³-hybridized carbons (Fsp3) is 0.500. The van der Waals surface area contributed by atoms with Crippen molar-refractivity contribution < 1.29 is 8.78 Å². The van der Waals surface area contributed by atoms with Crippen LogP contribution in [0.2, 0.25) is 0 Å². The van der Waals surface area contributed by atoms with Gasteiger partial charge in [0.15, 0.2) is 5.69 Å². The highest BCUT2D eigenvalue weighted by Gasteiger charge is 2.39. The number of aromatic nitrogens is 3. The second-order valence-corrected chi connectivity index (χ2v) is 4.54. The summed E-state index contributed by atoms with van der Waals surface area (Å²) in [5, 5.41) is 9.90. The normalized spacial score (nSPS) is 22.7. The fourth-order valence-electron chi connectivity index (χ4n) is 2.53. The van der Waals surface area contributed by atoms with E-state index in [9.17, 15) is 8.78 Å². The number of hydrogen-bond donors (Lipinski definition) is 1. The Kier molecular flexibility index (Phi) is 2.34. The molecule has 1 heterocycles. The maximum atomic E-state index is 13.9. The molecule has 0 fully saturated rings. The van der Waals surface area contributed by atoms with Gasteiger partial charge in [-0.1, -0.05) is 17.7 Å². The third kappa shape index (κ3) is 1.69. The van der Waals surface area contributed by atoms with Gasteiger partial charge in [0.05, 0.1) is 0 Å². The van der Waals surface area contributed by atoms with Crippen LogP contribution in [0.15, 0.2) is 17.7 Å². The summed E-state index contributed by atoms with van der Waals surface area (Å²) in [6.45, 7) is 0. The smallest absolute Gasteiger partial charge is 0.199 e. The SMILES string of the molecule is FC1(F)CCCC2=C(C=CCC2)c2n[nH]nc21. The van der Waals surface area contributed by atoms with Crippen molar-refractivity contribution in [2.75, 3.05) is 0 Å². The molecule has 0 bridgehead atoms. The highest BCUT2D eigenvalue weighted by molar-refractivity contribution is 5.77. The molecule has 0 atom stereocenters. The van der Waals surface area contributed by atoms with Crippen molar-refractivity contribution in [2.45, 2.75) is 38.0 Å². The lowest BCUT2D eigenvalue weighted by Crippen LogP contribution is -2.18. The summed E-state index contributed by atoms with van der Waals surface area (Å²) in [7, 11) is 0. The van der Waals surface area contributed by atoms with Crippen LogP contribution < -0.4 is 0 Å². The average molecular weight is 237 g/mol. The molecule has 5 heteroatoms. The predicted octanol–water partition coefficient (Wildman–Crippen LogP) is 3.18. The fourth-order valence-corrected chi connectivity index (χ4v) is 2.53. The Balaban J connectivity index is 2.18. The van der Waals surface area contributed by atoms with Gasteiger partial charge in [0, 0.05) is 12.0 Å². The highest BCUT2D eigenvalue weighted by Crippen LogP contribution is 2.41. The molecule has 2 aliphatic rings. The number of halogens is 2. The summed E-state index contributed by atoms with van der Waals surface area (Å²) in [6.07, 6.45) is 6.95. The minimum atomic E-state index is -2.87. The lowest BCUT2D eigenvalue weighted by Gasteiger charge is -2.22. The van der Waals surface area contributed by atoms with E-state index < -0.39 is 5.92 Å². The topological polar surface area (TPSA) is 41.6 Å². The average Bonchev–Trinajstić information content (AvgIpc) is 2.77. The van der Waals surface area contributed by atoms with E-state index in [1.165, 1.54) is 5.57 Å². The van der Waals surface area contributed by atoms with E-state index in [1.54, 1.807) is 0 Å². The van der Waals surface area contributed by atoms with Gasteiger partial charge < -0.3 is 0 Å². The van der Waals surface area contributed by atoms with Crippen LogP contribution >= 0.6 is 0 Å². The predicted molar refractivity (Wildman–Crippen MR) is 59.4 cm³/mol. The van der Waals surface area contributed by atoms with Crippen molar-refractivity contribution in [1.29, 1.82) is 0 Å². The number of H-pyrrole nitrogens is 1. The Labute approximate surface area is 97.6 Å². The van der Waals surface area contributed by atoms with Gasteiger partial charge in [-0.25, -0.2) is 0 Å². The molecule has 17 heavy (non-hydrogen) atoms. The Morgan fingerprint density at radius 2 is 2.12 bits per heavy atom. The summed E-state index contributed by atoms with van der Waals surface area (Å²) < 4.78 is 27.7. The molecule has 2 aliphatic carbocycles. The van der Waals surface area contributed by atoms with Crippen molar-refractivity contribution >= 4 is 5.57 Å². The molecule has 0 spiro atoms. The molecule has 90 valence electrons. The first-order chi connectivity index (χ1) is 8.18. The molecule has 3 nitrogen and oxygen atoms in total. The highest BCUT2D eigenvalue weighted by atomic mass is 19.3. The van der Waals surface area contributed by atoms with Gasteiger partial charge in [-0.3, -0.25) is 0 Å². The van der Waals surface area contributed by atoms with Gasteiger partial charge in [-0.05, 0) is 25.7 Å². The van der Waals surface area contributed by atoms with Crippen molar-refractivity contribution in [3.05, 3.63) is 29.1 Å². The van der Waals surface area contributed by atoms with Crippen LogP contribution in [0, 0.1) is 0 Å². The quantitative estimate of drug-likeness (QED) is 0.752. The third-order valence-electron chi connectivity index (χ3n) is 3.40. The first kappa shape index (κ1) is 10.6. The zero-order valence-corrected chi connectivity index (χ0v) is 9.34. The zero-order chi connectivity index (χ0) is 11.9. The third-order valence-corrected chi connectivity index (χ3v) is 3.40. The van der Waals surface area contributed by atoms with Crippen LogP contribution in [-0.2, 0) is 5.92 Å². The van der Waals surface area contributed by atoms with E-state index in [1.807, 2.05) is 12.2 Å². The summed E-state index contributed by atoms with van der Waals surface area (Å²) in [6, 6.07) is 0. The molecule has 3 rings (SSSR count). The number of hydrogen-bond acceptors (Lipinski definition) is 2. The van der Waals surface area contributed by atoms with Gasteiger partial charge in [0.2, 0.25) is 0 Å². The minimum Gasteiger partial charge on any atom is -0.199 e. The Hall–Kier alpha value is -1.52. The van der Waals surface area contributed by atoms with Crippen molar-refractivity contribution in [2.24, 2.45) is 0 Å². The monoisotopic (exact) mass is 237 g/mol. The van der Waals surface area contributed by atoms with E-state index in [0.717, 1.165) is 24.8 Å². The second kappa shape index (κ2) is 3.75. The molecule has 0 saturated heterocycles. The van der Waals surface area contributed by atoms with Gasteiger partial charge in [-0.15, -0.1) is 0 Å². The first-order valence-corrected chi connectivity index (χ1v) is 5.86. The number of fused-ring (bicyclic) bond motifs is 2. The molecule has 0 aliphatic heterocycles. The van der Waals surface area contributed by atoms with E-state index in [4.69, 9.17) is 0 Å². The lowest BCUT2D eigenvalue weighted by atomic mass is 9.87. The van der Waals surface area contributed by atoms with Crippen LogP contribution in [0.4, 0.5) is 8.78 Å². The van der Waals surface area contributed by atoms with Crippen LogP contribution in [0.25, 0.3) is 5.57 Å². The van der Waals surface area contributed by atoms with Gasteiger partial charge in [0.25, 0.3) is 5.92 Å². The summed E-state index contributed by atoms with van der Waals surface area (Å²) >= 11 is 0. The number of allylic oxidation sites excluding steroid dienone is 4. The van der Waals surface area contributed by atoms with E-state index in [-0.39, 0.29) is 12.1 Å². The van der Waals surface area contributed by atoms with Gasteiger partial charge in [-0.2, -0.15) is 24.2 Å². The maximum Gasteiger partial charge on any atom is 0.293 e. The molecule has 0 radical (unpaired) electrons. The summed E-state index contributed by atoms with van der Waals surface area (Å²) in [5.41, 5.74) is 2.22. The van der Waals surface area contributed by atoms with Crippen molar-refractivity contribution in [3.63, 3.8) is 0 Å². The van der Waals surface area contributed by atoms with Gasteiger partial charge >= 0.3 is 0 Å². The molecular weight excluding hydrogens is 224 g/mol. The summed E-state index contributed by atoms with van der Waals surface area (Å²) in [5.74, 6) is -2.87. The number of aromatic amines is 1. The number of rotatable bonds is 0. The molecular formula is C12H13F2N3. The standard InChI is InChI=1S/C12H13F2N3/c13-12(14)7-3-5-8-4-1-2-6-9(8)10-11(12)16-17-15-10/h2,6H,1,3-5,7H2,(H,15,16,17).